The fourth-order valence-electron chi connectivity index (χ4n) is 2.43. The molecule has 8 heteroatoms. The minimum atomic E-state index is -0.770. The Kier molecular flexibility index (Phi) is 5.69. The summed E-state index contributed by atoms with van der Waals surface area (Å²) in [6, 6.07) is 13.8. The maximum atomic E-state index is 12.9. The summed E-state index contributed by atoms with van der Waals surface area (Å²) in [7, 11) is 1.40. The summed E-state index contributed by atoms with van der Waals surface area (Å²) < 4.78 is 23.2. The number of carbonyl (C=O) groups excluding carboxylic acids is 3. The van der Waals surface area contributed by atoms with Crippen LogP contribution in [0, 0.1) is 5.82 Å². The van der Waals surface area contributed by atoms with Crippen molar-refractivity contribution in [2.75, 3.05) is 25.5 Å². The van der Waals surface area contributed by atoms with E-state index in [1.807, 2.05) is 6.07 Å². The van der Waals surface area contributed by atoms with Crippen LogP contribution in [0.15, 0.2) is 59.0 Å². The molecule has 0 fully saturated rings. The average molecular weight is 384 g/mol. The number of hydrogen-bond donors (Lipinski definition) is 1. The molecule has 1 aromatic heterocycles. The van der Waals surface area contributed by atoms with Crippen molar-refractivity contribution in [3.8, 4) is 0 Å². The van der Waals surface area contributed by atoms with E-state index >= 15 is 0 Å². The Morgan fingerprint density at radius 2 is 1.82 bits per heavy atom. The van der Waals surface area contributed by atoms with Gasteiger partial charge in [0.1, 0.15) is 11.4 Å². The van der Waals surface area contributed by atoms with E-state index < -0.39 is 30.2 Å². The number of anilines is 1. The highest BCUT2D eigenvalue weighted by Gasteiger charge is 2.18. The van der Waals surface area contributed by atoms with Gasteiger partial charge in [-0.25, -0.2) is 9.18 Å². The molecule has 0 aliphatic rings. The second kappa shape index (κ2) is 8.34. The number of rotatable bonds is 6. The van der Waals surface area contributed by atoms with E-state index in [-0.39, 0.29) is 12.3 Å². The maximum absolute atomic E-state index is 12.9. The summed E-state index contributed by atoms with van der Waals surface area (Å²) in [5.41, 5.74) is 0.943. The molecule has 0 atom stereocenters. The third kappa shape index (κ3) is 4.73. The number of furan rings is 1. The van der Waals surface area contributed by atoms with Crippen LogP contribution in [0.5, 0.6) is 0 Å². The molecule has 7 nitrogen and oxygen atoms in total. The van der Waals surface area contributed by atoms with Crippen LogP contribution in [0.4, 0.5) is 10.1 Å². The lowest BCUT2D eigenvalue weighted by molar-refractivity contribution is -0.136. The van der Waals surface area contributed by atoms with E-state index in [1.54, 1.807) is 18.2 Å². The lowest BCUT2D eigenvalue weighted by atomic mass is 10.2. The Bertz CT molecular complexity index is 980. The summed E-state index contributed by atoms with van der Waals surface area (Å²) in [6.07, 6.45) is 0. The molecular weight excluding hydrogens is 367 g/mol. The Hall–Kier alpha value is -3.68. The molecule has 0 saturated carbocycles. The summed E-state index contributed by atoms with van der Waals surface area (Å²) in [5.74, 6) is -2.22. The van der Waals surface area contributed by atoms with Gasteiger partial charge in [-0.05, 0) is 36.4 Å². The Balaban J connectivity index is 1.48. The van der Waals surface area contributed by atoms with E-state index in [0.29, 0.717) is 11.3 Å². The molecule has 0 aliphatic carbocycles. The molecule has 1 N–H and O–H groups in total. The number of amides is 2. The topological polar surface area (TPSA) is 88.9 Å². The van der Waals surface area contributed by atoms with Crippen LogP contribution in [0.3, 0.4) is 0 Å². The van der Waals surface area contributed by atoms with Gasteiger partial charge in [0.2, 0.25) is 11.7 Å². The largest absolute Gasteiger partial charge is 0.450 e. The highest BCUT2D eigenvalue weighted by molar-refractivity contribution is 5.96. The number of nitrogens with one attached hydrogen (secondary N) is 1. The summed E-state index contributed by atoms with van der Waals surface area (Å²) in [5, 5.41) is 3.28. The standard InChI is InChI=1S/C20H17FN2O5/c1-23(11-18(24)22-15-8-6-14(21)7-9-15)19(25)12-27-20(26)17-10-13-4-2-3-5-16(13)28-17/h2-10H,11-12H2,1H3,(H,22,24). The van der Waals surface area contributed by atoms with E-state index in [0.717, 1.165) is 10.3 Å². The maximum Gasteiger partial charge on any atom is 0.374 e. The van der Waals surface area contributed by atoms with E-state index in [9.17, 15) is 18.8 Å². The molecule has 0 saturated heterocycles. The Labute approximate surface area is 159 Å². The molecule has 2 aromatic carbocycles. The second-order valence-electron chi connectivity index (χ2n) is 6.03. The molecule has 2 amide bonds. The monoisotopic (exact) mass is 384 g/mol. The highest BCUT2D eigenvalue weighted by atomic mass is 19.1. The van der Waals surface area contributed by atoms with Crippen molar-refractivity contribution in [3.63, 3.8) is 0 Å². The van der Waals surface area contributed by atoms with Crippen LogP contribution in [0.25, 0.3) is 11.0 Å². The zero-order chi connectivity index (χ0) is 20.1. The Morgan fingerprint density at radius 1 is 1.11 bits per heavy atom. The second-order valence-corrected chi connectivity index (χ2v) is 6.03. The lowest BCUT2D eigenvalue weighted by Gasteiger charge is -2.16. The first kappa shape index (κ1) is 19.1. The van der Waals surface area contributed by atoms with Gasteiger partial charge in [0.25, 0.3) is 5.91 Å². The minimum absolute atomic E-state index is 0.00861. The summed E-state index contributed by atoms with van der Waals surface area (Å²) in [4.78, 5) is 37.2. The molecule has 0 radical (unpaired) electrons. The van der Waals surface area contributed by atoms with Crippen LogP contribution in [-0.2, 0) is 14.3 Å². The number of esters is 1. The van der Waals surface area contributed by atoms with Crippen LogP contribution in [0.1, 0.15) is 10.6 Å². The number of fused-ring (bicyclic) bond motifs is 1. The van der Waals surface area contributed by atoms with E-state index in [2.05, 4.69) is 5.32 Å². The van der Waals surface area contributed by atoms with Crippen LogP contribution < -0.4 is 5.32 Å². The fraction of sp³-hybridized carbons (Fsp3) is 0.150. The first-order chi connectivity index (χ1) is 13.4. The first-order valence-corrected chi connectivity index (χ1v) is 8.37. The third-order valence-electron chi connectivity index (χ3n) is 3.89. The molecule has 28 heavy (non-hydrogen) atoms. The Morgan fingerprint density at radius 3 is 2.54 bits per heavy atom. The van der Waals surface area contributed by atoms with E-state index in [4.69, 9.17) is 9.15 Å². The molecule has 0 aliphatic heterocycles. The number of hydrogen-bond acceptors (Lipinski definition) is 5. The SMILES string of the molecule is CN(CC(=O)Nc1ccc(F)cc1)C(=O)COC(=O)c1cc2ccccc2o1. The van der Waals surface area contributed by atoms with Gasteiger partial charge in [-0.2, -0.15) is 0 Å². The first-order valence-electron chi connectivity index (χ1n) is 8.37. The van der Waals surface area contributed by atoms with Crippen molar-refractivity contribution in [2.24, 2.45) is 0 Å². The number of carbonyl (C=O) groups is 3. The van der Waals surface area contributed by atoms with Crippen LogP contribution in [0.2, 0.25) is 0 Å². The quantitative estimate of drug-likeness (QED) is 0.660. The zero-order valence-electron chi connectivity index (χ0n) is 15.0. The number of ether oxygens (including phenoxy) is 1. The minimum Gasteiger partial charge on any atom is -0.450 e. The number of para-hydroxylation sites is 1. The van der Waals surface area contributed by atoms with Crippen molar-refractivity contribution in [3.05, 3.63) is 66.2 Å². The third-order valence-corrected chi connectivity index (χ3v) is 3.89. The smallest absolute Gasteiger partial charge is 0.374 e. The van der Waals surface area contributed by atoms with Crippen LogP contribution >= 0.6 is 0 Å². The van der Waals surface area contributed by atoms with Gasteiger partial charge >= 0.3 is 5.97 Å². The number of nitrogens with zero attached hydrogens (tertiary/aromatic N) is 1. The van der Waals surface area contributed by atoms with Gasteiger partial charge in [0.15, 0.2) is 6.61 Å². The predicted molar refractivity (Wildman–Crippen MR) is 99.2 cm³/mol. The lowest BCUT2D eigenvalue weighted by Crippen LogP contribution is -2.37. The molecular formula is C20H17FN2O5. The number of likely N-dealkylation sites (N-methyl/N-ethyl adjacent to an activating group) is 1. The summed E-state index contributed by atoms with van der Waals surface area (Å²) in [6.45, 7) is -0.783. The average Bonchev–Trinajstić information content (AvgIpc) is 3.12. The number of halogens is 1. The zero-order valence-corrected chi connectivity index (χ0v) is 15.0. The van der Waals surface area contributed by atoms with E-state index in [1.165, 1.54) is 37.4 Å². The molecule has 3 rings (SSSR count). The molecule has 0 unspecified atom stereocenters. The molecule has 1 heterocycles. The molecule has 144 valence electrons. The van der Waals surface area contributed by atoms with Gasteiger partial charge in [-0.1, -0.05) is 18.2 Å². The van der Waals surface area contributed by atoms with Crippen molar-refractivity contribution in [1.29, 1.82) is 0 Å². The van der Waals surface area contributed by atoms with Crippen LogP contribution in [-0.4, -0.2) is 42.9 Å². The van der Waals surface area contributed by atoms with Gasteiger partial charge in [-0.15, -0.1) is 0 Å². The highest BCUT2D eigenvalue weighted by Crippen LogP contribution is 2.19. The van der Waals surface area contributed by atoms with Gasteiger partial charge in [0, 0.05) is 18.1 Å². The molecule has 0 spiro atoms. The molecule has 3 aromatic rings. The van der Waals surface area contributed by atoms with Crippen molar-refractivity contribution < 1.29 is 27.9 Å². The van der Waals surface area contributed by atoms with Gasteiger partial charge < -0.3 is 19.4 Å². The predicted octanol–water partition coefficient (Wildman–Crippen LogP) is 2.83. The summed E-state index contributed by atoms with van der Waals surface area (Å²) >= 11 is 0. The van der Waals surface area contributed by atoms with Crippen molar-refractivity contribution >= 4 is 34.4 Å². The van der Waals surface area contributed by atoms with Gasteiger partial charge in [0.05, 0.1) is 6.54 Å². The van der Waals surface area contributed by atoms with Crippen molar-refractivity contribution in [2.45, 2.75) is 0 Å². The normalized spacial score (nSPS) is 10.5. The fourth-order valence-corrected chi connectivity index (χ4v) is 2.43. The van der Waals surface area contributed by atoms with Crippen molar-refractivity contribution in [1.82, 2.24) is 4.90 Å². The molecule has 0 bridgehead atoms. The van der Waals surface area contributed by atoms with Gasteiger partial charge in [-0.3, -0.25) is 9.59 Å². The number of benzene rings is 2.